The Bertz CT molecular complexity index is 248. The summed E-state index contributed by atoms with van der Waals surface area (Å²) in [5.74, 6) is 0.101. The summed E-state index contributed by atoms with van der Waals surface area (Å²) < 4.78 is 0. The maximum absolute atomic E-state index is 11.6. The maximum Gasteiger partial charge on any atom is 0.234 e. The summed E-state index contributed by atoms with van der Waals surface area (Å²) in [5, 5.41) is 6.11. The molecule has 0 bridgehead atoms. The molecule has 0 aromatic heterocycles. The fraction of sp³-hybridized carbons (Fsp3) is 0.769. The molecular weight excluding hydrogens is 200 g/mol. The van der Waals surface area contributed by atoms with Gasteiger partial charge in [-0.2, -0.15) is 0 Å². The molecule has 1 unspecified atom stereocenters. The molecule has 1 saturated carbocycles. The van der Waals surface area contributed by atoms with Gasteiger partial charge in [-0.25, -0.2) is 0 Å². The highest BCUT2D eigenvalue weighted by molar-refractivity contribution is 5.78. The van der Waals surface area contributed by atoms with Crippen molar-refractivity contribution in [2.24, 2.45) is 5.41 Å². The Hall–Kier alpha value is -0.830. The summed E-state index contributed by atoms with van der Waals surface area (Å²) in [7, 11) is 0. The summed E-state index contributed by atoms with van der Waals surface area (Å²) in [5.41, 5.74) is 0.380. The van der Waals surface area contributed by atoms with E-state index in [1.54, 1.807) is 6.08 Å². The van der Waals surface area contributed by atoms with E-state index >= 15 is 0 Å². The van der Waals surface area contributed by atoms with Gasteiger partial charge in [0.15, 0.2) is 0 Å². The quantitative estimate of drug-likeness (QED) is 0.553. The summed E-state index contributed by atoms with van der Waals surface area (Å²) in [6, 6.07) is 0.363. The number of carbonyl (C=O) groups excluding carboxylic acids is 1. The van der Waals surface area contributed by atoms with Gasteiger partial charge in [0.2, 0.25) is 5.91 Å². The van der Waals surface area contributed by atoms with Gasteiger partial charge in [0.1, 0.15) is 0 Å². The summed E-state index contributed by atoms with van der Waals surface area (Å²) in [4.78, 5) is 11.6. The van der Waals surface area contributed by atoms with Gasteiger partial charge < -0.3 is 10.6 Å². The largest absolute Gasteiger partial charge is 0.352 e. The van der Waals surface area contributed by atoms with Gasteiger partial charge in [0, 0.05) is 12.6 Å². The predicted molar refractivity (Wildman–Crippen MR) is 67.2 cm³/mol. The Labute approximate surface area is 98.7 Å². The topological polar surface area (TPSA) is 41.1 Å². The van der Waals surface area contributed by atoms with Crippen molar-refractivity contribution in [1.82, 2.24) is 10.6 Å². The van der Waals surface area contributed by atoms with E-state index in [4.69, 9.17) is 0 Å². The minimum atomic E-state index is 0.101. The molecule has 3 nitrogen and oxygen atoms in total. The van der Waals surface area contributed by atoms with Crippen LogP contribution in [-0.4, -0.2) is 25.0 Å². The van der Waals surface area contributed by atoms with E-state index in [0.717, 1.165) is 12.8 Å². The van der Waals surface area contributed by atoms with Crippen LogP contribution in [0.2, 0.25) is 0 Å². The van der Waals surface area contributed by atoms with Crippen molar-refractivity contribution in [3.63, 3.8) is 0 Å². The normalized spacial score (nSPS) is 23.8. The average molecular weight is 224 g/mol. The van der Waals surface area contributed by atoms with E-state index in [0.29, 0.717) is 24.5 Å². The molecule has 2 N–H and O–H groups in total. The minimum Gasteiger partial charge on any atom is -0.352 e. The zero-order valence-corrected chi connectivity index (χ0v) is 10.5. The van der Waals surface area contributed by atoms with Crippen molar-refractivity contribution in [3.8, 4) is 0 Å². The van der Waals surface area contributed by atoms with Crippen LogP contribution in [0.15, 0.2) is 12.7 Å². The van der Waals surface area contributed by atoms with E-state index in [1.807, 2.05) is 0 Å². The number of nitrogens with one attached hydrogen (secondary N) is 2. The molecular formula is C13H24N2O. The van der Waals surface area contributed by atoms with Crippen molar-refractivity contribution >= 4 is 5.91 Å². The second-order valence-corrected chi connectivity index (χ2v) is 5.44. The Morgan fingerprint density at radius 2 is 2.31 bits per heavy atom. The van der Waals surface area contributed by atoms with E-state index in [-0.39, 0.29) is 5.91 Å². The van der Waals surface area contributed by atoms with Crippen LogP contribution < -0.4 is 10.6 Å². The monoisotopic (exact) mass is 224 g/mol. The second kappa shape index (κ2) is 6.04. The lowest BCUT2D eigenvalue weighted by Crippen LogP contribution is -2.44. The van der Waals surface area contributed by atoms with E-state index in [9.17, 15) is 4.79 Å². The number of hydrogen-bond donors (Lipinski definition) is 2. The number of hydrogen-bond acceptors (Lipinski definition) is 2. The molecule has 16 heavy (non-hydrogen) atoms. The molecule has 92 valence electrons. The molecule has 1 aliphatic carbocycles. The molecule has 0 aromatic rings. The molecule has 1 amide bonds. The number of rotatable bonds is 5. The second-order valence-electron chi connectivity index (χ2n) is 5.44. The molecule has 0 aliphatic heterocycles. The predicted octanol–water partition coefficient (Wildman–Crippen LogP) is 1.85. The first kappa shape index (κ1) is 13.2. The average Bonchev–Trinajstić information content (AvgIpc) is 2.16. The lowest BCUT2D eigenvalue weighted by atomic mass is 9.75. The first-order valence-electron chi connectivity index (χ1n) is 6.14. The van der Waals surface area contributed by atoms with Crippen LogP contribution in [-0.2, 0) is 4.79 Å². The summed E-state index contributed by atoms with van der Waals surface area (Å²) >= 11 is 0. The number of amides is 1. The van der Waals surface area contributed by atoms with Crippen LogP contribution in [0.3, 0.4) is 0 Å². The van der Waals surface area contributed by atoms with Gasteiger partial charge in [-0.3, -0.25) is 4.79 Å². The molecule has 1 atom stereocenters. The third-order valence-electron chi connectivity index (χ3n) is 3.14. The highest BCUT2D eigenvalue weighted by Gasteiger charge is 2.28. The van der Waals surface area contributed by atoms with E-state index in [1.165, 1.54) is 12.8 Å². The van der Waals surface area contributed by atoms with E-state index < -0.39 is 0 Å². The smallest absolute Gasteiger partial charge is 0.234 e. The Morgan fingerprint density at radius 1 is 1.56 bits per heavy atom. The van der Waals surface area contributed by atoms with Gasteiger partial charge in [0.25, 0.3) is 0 Å². The lowest BCUT2D eigenvalue weighted by molar-refractivity contribution is -0.121. The van der Waals surface area contributed by atoms with Crippen molar-refractivity contribution in [1.29, 1.82) is 0 Å². The van der Waals surface area contributed by atoms with Crippen LogP contribution >= 0.6 is 0 Å². The van der Waals surface area contributed by atoms with Gasteiger partial charge in [-0.15, -0.1) is 6.58 Å². The molecule has 1 aliphatic rings. The fourth-order valence-corrected chi connectivity index (χ4v) is 2.39. The zero-order valence-electron chi connectivity index (χ0n) is 10.5. The van der Waals surface area contributed by atoms with Crippen molar-refractivity contribution in [3.05, 3.63) is 12.7 Å². The highest BCUT2D eigenvalue weighted by Crippen LogP contribution is 2.34. The summed E-state index contributed by atoms with van der Waals surface area (Å²) in [6.07, 6.45) is 6.47. The Morgan fingerprint density at radius 3 is 2.94 bits per heavy atom. The molecule has 1 fully saturated rings. The summed E-state index contributed by atoms with van der Waals surface area (Å²) in [6.45, 7) is 9.23. The van der Waals surface area contributed by atoms with Crippen LogP contribution in [0, 0.1) is 5.41 Å². The fourth-order valence-electron chi connectivity index (χ4n) is 2.39. The first-order chi connectivity index (χ1) is 7.53. The van der Waals surface area contributed by atoms with Crippen LogP contribution in [0.4, 0.5) is 0 Å². The molecule has 0 aromatic carbocycles. The van der Waals surface area contributed by atoms with Crippen molar-refractivity contribution in [2.45, 2.75) is 45.6 Å². The molecule has 0 heterocycles. The van der Waals surface area contributed by atoms with E-state index in [2.05, 4.69) is 31.1 Å². The number of carbonyl (C=O) groups is 1. The molecule has 0 spiro atoms. The van der Waals surface area contributed by atoms with Gasteiger partial charge in [0.05, 0.1) is 6.54 Å². The Balaban J connectivity index is 2.25. The van der Waals surface area contributed by atoms with Gasteiger partial charge in [-0.1, -0.05) is 26.3 Å². The Kier molecular flexibility index (Phi) is 5.00. The molecule has 0 radical (unpaired) electrons. The highest BCUT2D eigenvalue weighted by atomic mass is 16.1. The van der Waals surface area contributed by atoms with Crippen LogP contribution in [0.5, 0.6) is 0 Å². The van der Waals surface area contributed by atoms with Gasteiger partial charge in [-0.05, 0) is 24.7 Å². The molecule has 1 rings (SSSR count). The third-order valence-corrected chi connectivity index (χ3v) is 3.14. The zero-order chi connectivity index (χ0) is 12.0. The first-order valence-corrected chi connectivity index (χ1v) is 6.14. The lowest BCUT2D eigenvalue weighted by Gasteiger charge is -2.35. The van der Waals surface area contributed by atoms with Crippen LogP contribution in [0.25, 0.3) is 0 Å². The molecule has 3 heteroatoms. The SMILES string of the molecule is C=CCNCC(=O)NC1CCCC(C)(C)C1. The minimum absolute atomic E-state index is 0.101. The maximum atomic E-state index is 11.6. The molecule has 0 saturated heterocycles. The van der Waals surface area contributed by atoms with Crippen molar-refractivity contribution in [2.75, 3.05) is 13.1 Å². The van der Waals surface area contributed by atoms with Gasteiger partial charge >= 0.3 is 0 Å². The van der Waals surface area contributed by atoms with Crippen molar-refractivity contribution < 1.29 is 4.79 Å². The third kappa shape index (κ3) is 4.79. The standard InChI is InChI=1S/C13H24N2O/c1-4-8-14-10-12(16)15-11-6-5-7-13(2,3)9-11/h4,11,14H,1,5-10H2,2-3H3,(H,15,16). The van der Waals surface area contributed by atoms with Crippen LogP contribution in [0.1, 0.15) is 39.5 Å².